The zero-order valence-electron chi connectivity index (χ0n) is 13.4. The first-order valence-electron chi connectivity index (χ1n) is 8.06. The molecule has 24 heavy (non-hydrogen) atoms. The van der Waals surface area contributed by atoms with Gasteiger partial charge >= 0.3 is 5.97 Å². The number of nitrogens with zero attached hydrogens (tertiary/aromatic N) is 1. The molecule has 3 aliphatic heterocycles. The van der Waals surface area contributed by atoms with Crippen molar-refractivity contribution in [2.24, 2.45) is 11.8 Å². The van der Waals surface area contributed by atoms with E-state index in [9.17, 15) is 9.59 Å². The van der Waals surface area contributed by atoms with E-state index in [2.05, 4.69) is 15.9 Å². The molecule has 0 aromatic heterocycles. The molecule has 4 unspecified atom stereocenters. The van der Waals surface area contributed by atoms with Crippen LogP contribution in [-0.2, 0) is 19.1 Å². The summed E-state index contributed by atoms with van der Waals surface area (Å²) in [4.78, 5) is 27.3. The van der Waals surface area contributed by atoms with Gasteiger partial charge in [-0.3, -0.25) is 9.59 Å². The molecule has 1 aromatic carbocycles. The van der Waals surface area contributed by atoms with E-state index in [1.165, 1.54) is 0 Å². The smallest absolute Gasteiger partial charge is 0.313 e. The van der Waals surface area contributed by atoms with E-state index < -0.39 is 17.4 Å². The largest absolute Gasteiger partial charge is 0.463 e. The number of carbonyl (C=O) groups is 2. The number of hydrogen-bond donors (Lipinski definition) is 0. The predicted octanol–water partition coefficient (Wildman–Crippen LogP) is 2.69. The number of hydrogen-bond acceptors (Lipinski definition) is 4. The number of ether oxygens (including phenoxy) is 2. The van der Waals surface area contributed by atoms with E-state index in [1.807, 2.05) is 36.4 Å². The van der Waals surface area contributed by atoms with Crippen molar-refractivity contribution in [3.05, 3.63) is 40.9 Å². The lowest BCUT2D eigenvalue weighted by atomic mass is 9.77. The van der Waals surface area contributed by atoms with Crippen LogP contribution in [0.4, 0.5) is 5.69 Å². The molecule has 1 spiro atoms. The van der Waals surface area contributed by atoms with Gasteiger partial charge in [0.2, 0.25) is 5.91 Å². The molecule has 0 radical (unpaired) electrons. The van der Waals surface area contributed by atoms with Gasteiger partial charge in [-0.25, -0.2) is 0 Å². The first-order chi connectivity index (χ1) is 11.4. The minimum Gasteiger partial charge on any atom is -0.463 e. The Labute approximate surface area is 148 Å². The van der Waals surface area contributed by atoms with Crippen molar-refractivity contribution >= 4 is 33.5 Å². The SMILES string of the molecule is CC(C)OC(=O)C1C2C=CC3(CN(c4ccccc4Br)C(=O)C13)O2. The summed E-state index contributed by atoms with van der Waals surface area (Å²) in [6.07, 6.45) is 3.24. The number of rotatable bonds is 3. The Hall–Kier alpha value is -1.66. The Morgan fingerprint density at radius 1 is 1.42 bits per heavy atom. The van der Waals surface area contributed by atoms with Gasteiger partial charge in [0, 0.05) is 4.47 Å². The summed E-state index contributed by atoms with van der Waals surface area (Å²) in [7, 11) is 0. The number of para-hydroxylation sites is 1. The average Bonchev–Trinajstić information content (AvgIpc) is 3.15. The Bertz CT molecular complexity index is 746. The number of fused-ring (bicyclic) bond motifs is 1. The van der Waals surface area contributed by atoms with Gasteiger partial charge in [0.15, 0.2) is 0 Å². The Morgan fingerprint density at radius 3 is 2.88 bits per heavy atom. The van der Waals surface area contributed by atoms with Crippen LogP contribution < -0.4 is 4.90 Å². The molecule has 5 nitrogen and oxygen atoms in total. The van der Waals surface area contributed by atoms with Crippen LogP contribution in [0.5, 0.6) is 0 Å². The highest BCUT2D eigenvalue weighted by atomic mass is 79.9. The fourth-order valence-electron chi connectivity index (χ4n) is 3.95. The minimum absolute atomic E-state index is 0.0838. The highest BCUT2D eigenvalue weighted by Crippen LogP contribution is 2.53. The van der Waals surface area contributed by atoms with Crippen molar-refractivity contribution in [2.45, 2.75) is 31.7 Å². The molecule has 2 saturated heterocycles. The van der Waals surface area contributed by atoms with E-state index in [1.54, 1.807) is 18.7 Å². The quantitative estimate of drug-likeness (QED) is 0.587. The fourth-order valence-corrected chi connectivity index (χ4v) is 4.45. The summed E-state index contributed by atoms with van der Waals surface area (Å²) in [5.41, 5.74) is 0.0697. The molecule has 0 saturated carbocycles. The van der Waals surface area contributed by atoms with Crippen LogP contribution in [0.3, 0.4) is 0 Å². The minimum atomic E-state index is -0.725. The second-order valence-corrected chi connectivity index (χ2v) is 7.62. The standard InChI is InChI=1S/C18H18BrNO4/c1-10(2)23-17(22)14-13-7-8-18(24-13)9-20(16(21)15(14)18)12-6-4-3-5-11(12)19/h3-8,10,13-15H,9H2,1-2H3. The third-order valence-corrected chi connectivity index (χ3v) is 5.54. The van der Waals surface area contributed by atoms with Crippen LogP contribution in [-0.4, -0.2) is 36.2 Å². The Morgan fingerprint density at radius 2 is 2.17 bits per heavy atom. The highest BCUT2D eigenvalue weighted by Gasteiger charge is 2.67. The maximum absolute atomic E-state index is 13.1. The van der Waals surface area contributed by atoms with Crippen LogP contribution in [0.25, 0.3) is 0 Å². The van der Waals surface area contributed by atoms with Gasteiger partial charge in [-0.15, -0.1) is 0 Å². The molecule has 2 bridgehead atoms. The molecule has 1 aromatic rings. The lowest BCUT2D eigenvalue weighted by Gasteiger charge is -2.23. The molecular formula is C18H18BrNO4. The summed E-state index contributed by atoms with van der Waals surface area (Å²) >= 11 is 3.50. The van der Waals surface area contributed by atoms with Crippen molar-refractivity contribution in [3.8, 4) is 0 Å². The van der Waals surface area contributed by atoms with Crippen molar-refractivity contribution in [3.63, 3.8) is 0 Å². The lowest BCUT2D eigenvalue weighted by Crippen LogP contribution is -2.40. The molecule has 2 fully saturated rings. The van der Waals surface area contributed by atoms with Gasteiger partial charge in [0.1, 0.15) is 11.5 Å². The molecule has 4 rings (SSSR count). The average molecular weight is 392 g/mol. The lowest BCUT2D eigenvalue weighted by molar-refractivity contribution is -0.156. The van der Waals surface area contributed by atoms with Crippen LogP contribution in [0.2, 0.25) is 0 Å². The number of amides is 1. The Balaban J connectivity index is 1.69. The molecule has 3 heterocycles. The van der Waals surface area contributed by atoms with Gasteiger partial charge in [0.25, 0.3) is 0 Å². The second-order valence-electron chi connectivity index (χ2n) is 6.76. The molecule has 4 atom stereocenters. The van der Waals surface area contributed by atoms with Crippen LogP contribution in [0.1, 0.15) is 13.8 Å². The normalized spacial score (nSPS) is 33.4. The fraction of sp³-hybridized carbons (Fsp3) is 0.444. The number of benzene rings is 1. The third kappa shape index (κ3) is 2.16. The maximum Gasteiger partial charge on any atom is 0.313 e. The van der Waals surface area contributed by atoms with E-state index in [0.29, 0.717) is 6.54 Å². The van der Waals surface area contributed by atoms with E-state index in [-0.39, 0.29) is 24.1 Å². The van der Waals surface area contributed by atoms with Crippen molar-refractivity contribution in [2.75, 3.05) is 11.4 Å². The summed E-state index contributed by atoms with van der Waals surface area (Å²) in [6.45, 7) is 4.03. The Kier molecular flexibility index (Phi) is 3.58. The molecule has 6 heteroatoms. The molecular weight excluding hydrogens is 374 g/mol. The van der Waals surface area contributed by atoms with Crippen molar-refractivity contribution in [1.82, 2.24) is 0 Å². The first-order valence-corrected chi connectivity index (χ1v) is 8.86. The van der Waals surface area contributed by atoms with Gasteiger partial charge in [-0.1, -0.05) is 24.3 Å². The molecule has 3 aliphatic rings. The summed E-state index contributed by atoms with van der Waals surface area (Å²) in [5, 5.41) is 0. The zero-order chi connectivity index (χ0) is 17.1. The number of carbonyl (C=O) groups excluding carboxylic acids is 2. The maximum atomic E-state index is 13.1. The van der Waals surface area contributed by atoms with Crippen LogP contribution in [0.15, 0.2) is 40.9 Å². The summed E-state index contributed by atoms with van der Waals surface area (Å²) in [5.74, 6) is -1.53. The topological polar surface area (TPSA) is 55.8 Å². The van der Waals surface area contributed by atoms with E-state index in [0.717, 1.165) is 10.2 Å². The van der Waals surface area contributed by atoms with E-state index >= 15 is 0 Å². The summed E-state index contributed by atoms with van der Waals surface area (Å²) < 4.78 is 12.3. The van der Waals surface area contributed by atoms with Gasteiger partial charge in [-0.05, 0) is 41.9 Å². The number of halogens is 1. The van der Waals surface area contributed by atoms with Gasteiger partial charge in [0.05, 0.1) is 30.4 Å². The zero-order valence-corrected chi connectivity index (χ0v) is 15.0. The van der Waals surface area contributed by atoms with Crippen molar-refractivity contribution in [1.29, 1.82) is 0 Å². The number of anilines is 1. The van der Waals surface area contributed by atoms with Gasteiger partial charge in [-0.2, -0.15) is 0 Å². The molecule has 1 amide bonds. The second kappa shape index (κ2) is 5.43. The monoisotopic (exact) mass is 391 g/mol. The predicted molar refractivity (Wildman–Crippen MR) is 91.4 cm³/mol. The highest BCUT2D eigenvalue weighted by molar-refractivity contribution is 9.10. The number of esters is 1. The van der Waals surface area contributed by atoms with E-state index in [4.69, 9.17) is 9.47 Å². The van der Waals surface area contributed by atoms with Crippen LogP contribution >= 0.6 is 15.9 Å². The third-order valence-electron chi connectivity index (χ3n) is 4.87. The first kappa shape index (κ1) is 15.8. The molecule has 126 valence electrons. The van der Waals surface area contributed by atoms with Crippen LogP contribution in [0, 0.1) is 11.8 Å². The van der Waals surface area contributed by atoms with Crippen molar-refractivity contribution < 1.29 is 19.1 Å². The molecule has 0 aliphatic carbocycles. The summed E-state index contributed by atoms with van der Waals surface area (Å²) in [6, 6.07) is 7.57. The van der Waals surface area contributed by atoms with Gasteiger partial charge < -0.3 is 14.4 Å². The molecule has 0 N–H and O–H groups in total.